The average molecular weight is 133 g/mol. The van der Waals surface area contributed by atoms with Crippen LogP contribution in [-0.2, 0) is 6.42 Å². The molecule has 0 atom stereocenters. The van der Waals surface area contributed by atoms with Crippen molar-refractivity contribution >= 4 is 0 Å². The van der Waals surface area contributed by atoms with Gasteiger partial charge >= 0.3 is 0 Å². The highest BCUT2D eigenvalue weighted by Crippen LogP contribution is 2.12. The number of benzene rings is 1. The molecule has 0 heteroatoms. The molecule has 1 aromatic rings. The Labute approximate surface area is 62.9 Å². The summed E-state index contributed by atoms with van der Waals surface area (Å²) in [6, 6.07) is 7.20. The summed E-state index contributed by atoms with van der Waals surface area (Å²) in [6.07, 6.45) is 1.13. The van der Waals surface area contributed by atoms with Crippen LogP contribution in [0.2, 0.25) is 0 Å². The fourth-order valence-corrected chi connectivity index (χ4v) is 1.33. The fourth-order valence-electron chi connectivity index (χ4n) is 1.33. The predicted molar refractivity (Wildman–Crippen MR) is 44.1 cm³/mol. The Bertz CT molecular complexity index is 203. The van der Waals surface area contributed by atoms with E-state index in [2.05, 4.69) is 26.8 Å². The molecule has 53 valence electrons. The molecule has 1 aromatic carbocycles. The van der Waals surface area contributed by atoms with Gasteiger partial charge in [0.15, 0.2) is 0 Å². The van der Waals surface area contributed by atoms with Crippen molar-refractivity contribution in [2.45, 2.75) is 27.2 Å². The summed E-state index contributed by atoms with van der Waals surface area (Å²) in [5.41, 5.74) is 4.20. The van der Waals surface area contributed by atoms with Crippen LogP contribution in [0.3, 0.4) is 0 Å². The fraction of sp³-hybridized carbons (Fsp3) is 0.400. The Morgan fingerprint density at radius 1 is 1.20 bits per heavy atom. The molecule has 1 rings (SSSR count). The number of hydrogen-bond donors (Lipinski definition) is 0. The SMILES string of the molecule is CCc1c(C)c[c]cc1C. The molecule has 0 aromatic heterocycles. The van der Waals surface area contributed by atoms with E-state index >= 15 is 0 Å². The van der Waals surface area contributed by atoms with Crippen LogP contribution < -0.4 is 0 Å². The molecular weight excluding hydrogens is 120 g/mol. The van der Waals surface area contributed by atoms with Crippen molar-refractivity contribution in [1.82, 2.24) is 0 Å². The normalized spacial score (nSPS) is 9.90. The third-order valence-corrected chi connectivity index (χ3v) is 1.91. The molecule has 0 saturated heterocycles. The van der Waals surface area contributed by atoms with E-state index in [1.54, 1.807) is 0 Å². The second kappa shape index (κ2) is 2.87. The Kier molecular flexibility index (Phi) is 2.10. The van der Waals surface area contributed by atoms with E-state index in [0.717, 1.165) is 6.42 Å². The summed E-state index contributed by atoms with van der Waals surface area (Å²) in [7, 11) is 0. The standard InChI is InChI=1S/C10H13/c1-4-10-8(2)6-5-7-9(10)3/h6-7H,4H2,1-3H3. The van der Waals surface area contributed by atoms with Crippen LogP contribution in [0, 0.1) is 19.9 Å². The third-order valence-electron chi connectivity index (χ3n) is 1.91. The summed E-state index contributed by atoms with van der Waals surface area (Å²) in [5, 5.41) is 0. The van der Waals surface area contributed by atoms with Gasteiger partial charge in [0.25, 0.3) is 0 Å². The summed E-state index contributed by atoms with van der Waals surface area (Å²) in [6.45, 7) is 6.47. The van der Waals surface area contributed by atoms with Gasteiger partial charge in [0.05, 0.1) is 0 Å². The van der Waals surface area contributed by atoms with Crippen LogP contribution in [0.1, 0.15) is 23.6 Å². The lowest BCUT2D eigenvalue weighted by Gasteiger charge is -2.04. The van der Waals surface area contributed by atoms with Gasteiger partial charge in [-0.25, -0.2) is 0 Å². The van der Waals surface area contributed by atoms with Crippen LogP contribution in [0.25, 0.3) is 0 Å². The van der Waals surface area contributed by atoms with Gasteiger partial charge in [-0.15, -0.1) is 0 Å². The lowest BCUT2D eigenvalue weighted by atomic mass is 10.0. The molecule has 0 aliphatic rings. The maximum atomic E-state index is 3.10. The lowest BCUT2D eigenvalue weighted by molar-refractivity contribution is 1.08. The molecule has 0 aliphatic carbocycles. The zero-order valence-electron chi connectivity index (χ0n) is 6.86. The van der Waals surface area contributed by atoms with E-state index in [4.69, 9.17) is 0 Å². The van der Waals surface area contributed by atoms with Gasteiger partial charge in [0.1, 0.15) is 0 Å². The lowest BCUT2D eigenvalue weighted by Crippen LogP contribution is -1.89. The van der Waals surface area contributed by atoms with Crippen LogP contribution in [-0.4, -0.2) is 0 Å². The Morgan fingerprint density at radius 2 is 1.70 bits per heavy atom. The van der Waals surface area contributed by atoms with E-state index in [0.29, 0.717) is 0 Å². The summed E-state index contributed by atoms with van der Waals surface area (Å²) < 4.78 is 0. The van der Waals surface area contributed by atoms with Crippen molar-refractivity contribution in [3.8, 4) is 0 Å². The Morgan fingerprint density at radius 3 is 2.00 bits per heavy atom. The number of hydrogen-bond acceptors (Lipinski definition) is 0. The molecule has 0 heterocycles. The first-order valence-electron chi connectivity index (χ1n) is 3.72. The molecule has 0 aliphatic heterocycles. The van der Waals surface area contributed by atoms with Gasteiger partial charge in [-0.3, -0.25) is 0 Å². The zero-order chi connectivity index (χ0) is 7.56. The Balaban J connectivity index is 3.17. The van der Waals surface area contributed by atoms with Crippen molar-refractivity contribution in [3.05, 3.63) is 34.9 Å². The monoisotopic (exact) mass is 133 g/mol. The van der Waals surface area contributed by atoms with E-state index < -0.39 is 0 Å². The highest BCUT2D eigenvalue weighted by molar-refractivity contribution is 5.32. The van der Waals surface area contributed by atoms with Crippen molar-refractivity contribution in [1.29, 1.82) is 0 Å². The molecule has 10 heavy (non-hydrogen) atoms. The minimum Gasteiger partial charge on any atom is -0.0613 e. The van der Waals surface area contributed by atoms with E-state index in [1.807, 2.05) is 12.1 Å². The predicted octanol–water partition coefficient (Wildman–Crippen LogP) is 2.67. The highest BCUT2D eigenvalue weighted by atomic mass is 14.0. The first-order valence-corrected chi connectivity index (χ1v) is 3.72. The summed E-state index contributed by atoms with van der Waals surface area (Å²) >= 11 is 0. The quantitative estimate of drug-likeness (QED) is 0.552. The van der Waals surface area contributed by atoms with Gasteiger partial charge in [0.2, 0.25) is 0 Å². The molecule has 0 nitrogen and oxygen atoms in total. The van der Waals surface area contributed by atoms with Gasteiger partial charge in [-0.2, -0.15) is 0 Å². The molecule has 0 fully saturated rings. The molecule has 1 radical (unpaired) electrons. The first kappa shape index (κ1) is 7.33. The third kappa shape index (κ3) is 1.21. The van der Waals surface area contributed by atoms with E-state index in [1.165, 1.54) is 16.7 Å². The molecule has 0 saturated carbocycles. The van der Waals surface area contributed by atoms with Crippen LogP contribution in [0.4, 0.5) is 0 Å². The van der Waals surface area contributed by atoms with Crippen molar-refractivity contribution in [3.63, 3.8) is 0 Å². The van der Waals surface area contributed by atoms with E-state index in [-0.39, 0.29) is 0 Å². The second-order valence-corrected chi connectivity index (χ2v) is 2.65. The van der Waals surface area contributed by atoms with Gasteiger partial charge in [0, 0.05) is 0 Å². The minimum absolute atomic E-state index is 1.13. The zero-order valence-corrected chi connectivity index (χ0v) is 6.86. The maximum absolute atomic E-state index is 3.10. The molecule has 0 N–H and O–H groups in total. The van der Waals surface area contributed by atoms with Crippen molar-refractivity contribution in [2.24, 2.45) is 0 Å². The van der Waals surface area contributed by atoms with Crippen LogP contribution >= 0.6 is 0 Å². The maximum Gasteiger partial charge on any atom is -0.0178 e. The molecule has 0 bridgehead atoms. The van der Waals surface area contributed by atoms with Crippen molar-refractivity contribution < 1.29 is 0 Å². The summed E-state index contributed by atoms with van der Waals surface area (Å²) in [5.74, 6) is 0. The first-order chi connectivity index (χ1) is 4.75. The van der Waals surface area contributed by atoms with Crippen LogP contribution in [0.5, 0.6) is 0 Å². The van der Waals surface area contributed by atoms with Crippen molar-refractivity contribution in [2.75, 3.05) is 0 Å². The number of aryl methyl sites for hydroxylation is 2. The van der Waals surface area contributed by atoms with Gasteiger partial charge in [-0.1, -0.05) is 19.1 Å². The Hall–Kier alpha value is -0.780. The molecule has 0 amide bonds. The summed E-state index contributed by atoms with van der Waals surface area (Å²) in [4.78, 5) is 0. The largest absolute Gasteiger partial charge is 0.0613 e. The minimum atomic E-state index is 1.13. The molecule has 0 spiro atoms. The molecular formula is C10H13. The number of rotatable bonds is 1. The highest BCUT2D eigenvalue weighted by Gasteiger charge is 1.96. The molecule has 0 unspecified atom stereocenters. The second-order valence-electron chi connectivity index (χ2n) is 2.65. The van der Waals surface area contributed by atoms with Gasteiger partial charge in [-0.05, 0) is 43.0 Å². The van der Waals surface area contributed by atoms with E-state index in [9.17, 15) is 0 Å². The average Bonchev–Trinajstić information content (AvgIpc) is 1.88. The van der Waals surface area contributed by atoms with Gasteiger partial charge < -0.3 is 0 Å². The topological polar surface area (TPSA) is 0 Å². The van der Waals surface area contributed by atoms with Crippen LogP contribution in [0.15, 0.2) is 12.1 Å². The smallest absolute Gasteiger partial charge is 0.0178 e.